The maximum absolute atomic E-state index is 13.1. The first-order valence-electron chi connectivity index (χ1n) is 8.73. The average molecular weight is 395 g/mol. The van der Waals surface area contributed by atoms with Crippen molar-refractivity contribution >= 4 is 32.4 Å². The van der Waals surface area contributed by atoms with Gasteiger partial charge in [0.25, 0.3) is 0 Å². The van der Waals surface area contributed by atoms with Gasteiger partial charge in [0.15, 0.2) is 5.13 Å². The van der Waals surface area contributed by atoms with Crippen molar-refractivity contribution in [1.82, 2.24) is 9.97 Å². The van der Waals surface area contributed by atoms with Gasteiger partial charge < -0.3 is 14.4 Å². The predicted octanol–water partition coefficient (Wildman–Crippen LogP) is 5.06. The van der Waals surface area contributed by atoms with Crippen LogP contribution in [0.5, 0.6) is 11.5 Å². The molecule has 0 aliphatic heterocycles. The first-order valence-corrected chi connectivity index (χ1v) is 9.55. The van der Waals surface area contributed by atoms with E-state index in [0.717, 1.165) is 26.8 Å². The van der Waals surface area contributed by atoms with Crippen molar-refractivity contribution in [1.29, 1.82) is 0 Å². The molecule has 28 heavy (non-hydrogen) atoms. The van der Waals surface area contributed by atoms with Crippen LogP contribution in [0.25, 0.3) is 10.2 Å². The summed E-state index contributed by atoms with van der Waals surface area (Å²) in [5, 5.41) is 0.846. The van der Waals surface area contributed by atoms with Crippen LogP contribution in [0.4, 0.5) is 15.2 Å². The van der Waals surface area contributed by atoms with Crippen LogP contribution in [0.1, 0.15) is 0 Å². The molecule has 0 spiro atoms. The monoisotopic (exact) mass is 395 g/mol. The molecule has 0 aliphatic rings. The number of hydrogen-bond acceptors (Lipinski definition) is 6. The van der Waals surface area contributed by atoms with Crippen molar-refractivity contribution in [3.63, 3.8) is 0 Å². The standard InChI is InChI=1S/C21H18FN3O2S/c1-26-18-4-2-3-16(13-18)25(11-12-27-17-7-5-15(22)6-8-17)21-24-19-14-23-10-9-20(19)28-21/h2-10,13-14H,11-12H2,1H3. The number of fused-ring (bicyclic) bond motifs is 1. The minimum atomic E-state index is -0.284. The summed E-state index contributed by atoms with van der Waals surface area (Å²) < 4.78 is 25.3. The third-order valence-electron chi connectivity index (χ3n) is 4.17. The number of hydrogen-bond donors (Lipinski definition) is 0. The van der Waals surface area contributed by atoms with E-state index in [1.54, 1.807) is 43.0 Å². The summed E-state index contributed by atoms with van der Waals surface area (Å²) in [6, 6.07) is 15.8. The van der Waals surface area contributed by atoms with Gasteiger partial charge >= 0.3 is 0 Å². The molecule has 0 saturated carbocycles. The fourth-order valence-corrected chi connectivity index (χ4v) is 3.76. The molecule has 0 bridgehead atoms. The molecule has 0 fully saturated rings. The van der Waals surface area contributed by atoms with Crippen molar-refractivity contribution in [2.24, 2.45) is 0 Å². The molecule has 0 unspecified atom stereocenters. The van der Waals surface area contributed by atoms with Gasteiger partial charge in [0, 0.05) is 18.0 Å². The SMILES string of the molecule is COc1cccc(N(CCOc2ccc(F)cc2)c2nc3cnccc3s2)c1. The van der Waals surface area contributed by atoms with E-state index in [-0.39, 0.29) is 5.82 Å². The first-order chi connectivity index (χ1) is 13.7. The van der Waals surface area contributed by atoms with E-state index in [2.05, 4.69) is 9.88 Å². The second kappa shape index (κ2) is 8.22. The second-order valence-corrected chi connectivity index (χ2v) is 7.00. The van der Waals surface area contributed by atoms with Gasteiger partial charge in [-0.1, -0.05) is 17.4 Å². The van der Waals surface area contributed by atoms with Gasteiger partial charge in [-0.05, 0) is 42.5 Å². The molecule has 5 nitrogen and oxygen atoms in total. The summed E-state index contributed by atoms with van der Waals surface area (Å²) in [4.78, 5) is 10.9. The van der Waals surface area contributed by atoms with Gasteiger partial charge in [-0.25, -0.2) is 9.37 Å². The molecule has 0 atom stereocenters. The van der Waals surface area contributed by atoms with Crippen LogP contribution in [-0.4, -0.2) is 30.2 Å². The number of methoxy groups -OCH3 is 1. The number of aromatic nitrogens is 2. The van der Waals surface area contributed by atoms with Crippen LogP contribution in [0, 0.1) is 5.82 Å². The third kappa shape index (κ3) is 4.04. The Kier molecular flexibility index (Phi) is 5.34. The molecule has 142 valence electrons. The lowest BCUT2D eigenvalue weighted by Crippen LogP contribution is -2.23. The van der Waals surface area contributed by atoms with Gasteiger partial charge in [0.2, 0.25) is 0 Å². The van der Waals surface area contributed by atoms with Gasteiger partial charge in [-0.2, -0.15) is 0 Å². The molecule has 0 amide bonds. The highest BCUT2D eigenvalue weighted by Gasteiger charge is 2.15. The predicted molar refractivity (Wildman–Crippen MR) is 109 cm³/mol. The van der Waals surface area contributed by atoms with E-state index < -0.39 is 0 Å². The Morgan fingerprint density at radius 1 is 1.07 bits per heavy atom. The van der Waals surface area contributed by atoms with E-state index in [9.17, 15) is 4.39 Å². The normalized spacial score (nSPS) is 10.8. The quantitative estimate of drug-likeness (QED) is 0.438. The number of anilines is 2. The van der Waals surface area contributed by atoms with E-state index in [1.807, 2.05) is 30.3 Å². The maximum atomic E-state index is 13.1. The van der Waals surface area contributed by atoms with Gasteiger partial charge in [0.1, 0.15) is 29.4 Å². The topological polar surface area (TPSA) is 47.5 Å². The lowest BCUT2D eigenvalue weighted by atomic mass is 10.3. The van der Waals surface area contributed by atoms with Crippen molar-refractivity contribution in [3.8, 4) is 11.5 Å². The van der Waals surface area contributed by atoms with Crippen molar-refractivity contribution in [3.05, 3.63) is 72.8 Å². The molecular weight excluding hydrogens is 377 g/mol. The summed E-state index contributed by atoms with van der Waals surface area (Å²) in [6.07, 6.45) is 3.52. The summed E-state index contributed by atoms with van der Waals surface area (Å²) >= 11 is 1.59. The molecule has 2 aromatic heterocycles. The number of rotatable bonds is 7. The lowest BCUT2D eigenvalue weighted by molar-refractivity contribution is 0.327. The van der Waals surface area contributed by atoms with Crippen LogP contribution in [-0.2, 0) is 0 Å². The molecule has 7 heteroatoms. The first kappa shape index (κ1) is 18.2. The minimum absolute atomic E-state index is 0.284. The molecule has 4 aromatic rings. The number of pyridine rings is 1. The highest BCUT2D eigenvalue weighted by Crippen LogP contribution is 2.34. The number of thiazole rings is 1. The zero-order chi connectivity index (χ0) is 19.3. The summed E-state index contributed by atoms with van der Waals surface area (Å²) in [5.41, 5.74) is 1.81. The zero-order valence-electron chi connectivity index (χ0n) is 15.2. The Hall–Kier alpha value is -3.19. The number of halogens is 1. The van der Waals surface area contributed by atoms with E-state index in [0.29, 0.717) is 18.9 Å². The number of nitrogens with zero attached hydrogens (tertiary/aromatic N) is 3. The largest absolute Gasteiger partial charge is 0.497 e. The Morgan fingerprint density at radius 3 is 2.71 bits per heavy atom. The molecule has 0 saturated heterocycles. The van der Waals surface area contributed by atoms with E-state index >= 15 is 0 Å². The Labute approximate surface area is 166 Å². The molecule has 2 aromatic carbocycles. The van der Waals surface area contributed by atoms with Crippen LogP contribution >= 0.6 is 11.3 Å². The summed E-state index contributed by atoms with van der Waals surface area (Å²) in [7, 11) is 1.64. The van der Waals surface area contributed by atoms with Crippen LogP contribution < -0.4 is 14.4 Å². The van der Waals surface area contributed by atoms with Crippen LogP contribution in [0.3, 0.4) is 0 Å². The van der Waals surface area contributed by atoms with E-state index in [1.165, 1.54) is 12.1 Å². The van der Waals surface area contributed by atoms with Gasteiger partial charge in [-0.15, -0.1) is 0 Å². The fourth-order valence-electron chi connectivity index (χ4n) is 2.78. The van der Waals surface area contributed by atoms with Gasteiger partial charge in [-0.3, -0.25) is 4.98 Å². The molecule has 0 radical (unpaired) electrons. The Balaban J connectivity index is 1.59. The smallest absolute Gasteiger partial charge is 0.191 e. The number of ether oxygens (including phenoxy) is 2. The van der Waals surface area contributed by atoms with Crippen LogP contribution in [0.2, 0.25) is 0 Å². The van der Waals surface area contributed by atoms with E-state index in [4.69, 9.17) is 14.5 Å². The number of benzene rings is 2. The highest BCUT2D eigenvalue weighted by atomic mass is 32.1. The molecule has 2 heterocycles. The molecule has 4 rings (SSSR count). The third-order valence-corrected chi connectivity index (χ3v) is 5.23. The summed E-state index contributed by atoms with van der Waals surface area (Å²) in [5.74, 6) is 1.11. The Bertz CT molecular complexity index is 1040. The molecule has 0 aliphatic carbocycles. The average Bonchev–Trinajstić information content (AvgIpc) is 3.16. The maximum Gasteiger partial charge on any atom is 0.191 e. The molecule has 0 N–H and O–H groups in total. The summed E-state index contributed by atoms with van der Waals surface area (Å²) in [6.45, 7) is 0.981. The minimum Gasteiger partial charge on any atom is -0.497 e. The van der Waals surface area contributed by atoms with Crippen molar-refractivity contribution in [2.45, 2.75) is 0 Å². The lowest BCUT2D eigenvalue weighted by Gasteiger charge is -2.22. The Morgan fingerprint density at radius 2 is 1.93 bits per heavy atom. The highest BCUT2D eigenvalue weighted by molar-refractivity contribution is 7.22. The van der Waals surface area contributed by atoms with Crippen molar-refractivity contribution in [2.75, 3.05) is 25.2 Å². The zero-order valence-corrected chi connectivity index (χ0v) is 16.0. The van der Waals surface area contributed by atoms with Crippen molar-refractivity contribution < 1.29 is 13.9 Å². The van der Waals surface area contributed by atoms with Gasteiger partial charge in [0.05, 0.1) is 24.6 Å². The second-order valence-electron chi connectivity index (χ2n) is 6.00. The van der Waals surface area contributed by atoms with Crippen LogP contribution in [0.15, 0.2) is 67.0 Å². The fraction of sp³-hybridized carbons (Fsp3) is 0.143. The molecular formula is C21H18FN3O2S.